The third kappa shape index (κ3) is 5.34. The van der Waals surface area contributed by atoms with Crippen LogP contribution in [0.25, 0.3) is 0 Å². The van der Waals surface area contributed by atoms with Crippen LogP contribution in [0.15, 0.2) is 40.9 Å². The topological polar surface area (TPSA) is 38.3 Å². The minimum Gasteiger partial charge on any atom is -0.483 e. The number of aryl methyl sites for hydroxylation is 2. The second-order valence-electron chi connectivity index (χ2n) is 7.02. The number of amides is 1. The number of ether oxygens (including phenoxy) is 1. The molecule has 0 spiro atoms. The number of halogens is 1. The maximum Gasteiger partial charge on any atom is 0.258 e. The molecule has 140 valence electrons. The normalized spacial score (nSPS) is 12.1. The number of rotatable bonds is 7. The summed E-state index contributed by atoms with van der Waals surface area (Å²) in [6.45, 7) is 10.5. The number of carbonyl (C=O) groups is 1. The first kappa shape index (κ1) is 20.5. The zero-order valence-electron chi connectivity index (χ0n) is 16.2. The molecule has 0 unspecified atom stereocenters. The van der Waals surface area contributed by atoms with Gasteiger partial charge in [-0.05, 0) is 70.9 Å². The number of hydrogen-bond acceptors (Lipinski definition) is 2. The largest absolute Gasteiger partial charge is 0.483 e. The van der Waals surface area contributed by atoms with Gasteiger partial charge in [-0.3, -0.25) is 4.79 Å². The van der Waals surface area contributed by atoms with Crippen molar-refractivity contribution in [3.05, 3.63) is 63.1 Å². The SMILES string of the molecule is CC[C@H](NC(=O)COc1ccc(C(C)C)cc1Br)c1ccc(C)cc1C. The molecule has 0 saturated carbocycles. The zero-order chi connectivity index (χ0) is 19.3. The maximum atomic E-state index is 12.4. The highest BCUT2D eigenvalue weighted by molar-refractivity contribution is 9.10. The van der Waals surface area contributed by atoms with Crippen molar-refractivity contribution in [3.63, 3.8) is 0 Å². The summed E-state index contributed by atoms with van der Waals surface area (Å²) in [7, 11) is 0. The van der Waals surface area contributed by atoms with Gasteiger partial charge >= 0.3 is 0 Å². The van der Waals surface area contributed by atoms with Gasteiger partial charge in [-0.15, -0.1) is 0 Å². The van der Waals surface area contributed by atoms with Crippen molar-refractivity contribution in [2.75, 3.05) is 6.61 Å². The quantitative estimate of drug-likeness (QED) is 0.614. The second-order valence-corrected chi connectivity index (χ2v) is 7.88. The molecule has 0 aliphatic carbocycles. The Morgan fingerprint density at radius 3 is 2.46 bits per heavy atom. The fourth-order valence-electron chi connectivity index (χ4n) is 2.99. The second kappa shape index (κ2) is 9.22. The van der Waals surface area contributed by atoms with Crippen LogP contribution in [0, 0.1) is 13.8 Å². The minimum absolute atomic E-state index is 0.00103. The van der Waals surface area contributed by atoms with Crippen LogP contribution in [0.5, 0.6) is 5.75 Å². The van der Waals surface area contributed by atoms with E-state index in [1.807, 2.05) is 18.2 Å². The summed E-state index contributed by atoms with van der Waals surface area (Å²) in [5, 5.41) is 3.08. The van der Waals surface area contributed by atoms with Crippen molar-refractivity contribution in [2.24, 2.45) is 0 Å². The summed E-state index contributed by atoms with van der Waals surface area (Å²) >= 11 is 3.53. The lowest BCUT2D eigenvalue weighted by Crippen LogP contribution is -2.32. The minimum atomic E-state index is -0.114. The van der Waals surface area contributed by atoms with E-state index in [9.17, 15) is 4.79 Å². The van der Waals surface area contributed by atoms with E-state index in [-0.39, 0.29) is 18.6 Å². The Bertz CT molecular complexity index is 771. The van der Waals surface area contributed by atoms with Crippen molar-refractivity contribution in [1.29, 1.82) is 0 Å². The summed E-state index contributed by atoms with van der Waals surface area (Å²) in [5.41, 5.74) is 4.82. The monoisotopic (exact) mass is 417 g/mol. The fourth-order valence-corrected chi connectivity index (χ4v) is 3.50. The van der Waals surface area contributed by atoms with Crippen LogP contribution in [0.4, 0.5) is 0 Å². The Balaban J connectivity index is 1.99. The van der Waals surface area contributed by atoms with E-state index in [2.05, 4.69) is 74.1 Å². The van der Waals surface area contributed by atoms with Gasteiger partial charge in [0.2, 0.25) is 0 Å². The van der Waals surface area contributed by atoms with E-state index in [1.54, 1.807) is 0 Å². The van der Waals surface area contributed by atoms with Crippen molar-refractivity contribution >= 4 is 21.8 Å². The lowest BCUT2D eigenvalue weighted by Gasteiger charge is -2.20. The predicted molar refractivity (Wildman–Crippen MR) is 111 cm³/mol. The van der Waals surface area contributed by atoms with E-state index in [4.69, 9.17) is 4.74 Å². The highest BCUT2D eigenvalue weighted by Crippen LogP contribution is 2.29. The first-order chi connectivity index (χ1) is 12.3. The van der Waals surface area contributed by atoms with E-state index in [1.165, 1.54) is 16.7 Å². The molecule has 3 nitrogen and oxygen atoms in total. The molecule has 0 fully saturated rings. The Morgan fingerprint density at radius 1 is 1.15 bits per heavy atom. The lowest BCUT2D eigenvalue weighted by molar-refractivity contribution is -0.123. The molecule has 1 amide bonds. The molecule has 2 aromatic carbocycles. The Labute approximate surface area is 165 Å². The maximum absolute atomic E-state index is 12.4. The fraction of sp³-hybridized carbons (Fsp3) is 0.409. The molecule has 0 radical (unpaired) electrons. The average Bonchev–Trinajstić information content (AvgIpc) is 2.59. The van der Waals surface area contributed by atoms with Gasteiger partial charge in [0.1, 0.15) is 5.75 Å². The van der Waals surface area contributed by atoms with Gasteiger partial charge < -0.3 is 10.1 Å². The Morgan fingerprint density at radius 2 is 1.88 bits per heavy atom. The van der Waals surface area contributed by atoms with Gasteiger partial charge in [0.05, 0.1) is 10.5 Å². The summed E-state index contributed by atoms with van der Waals surface area (Å²) in [6, 6.07) is 12.3. The molecule has 1 N–H and O–H groups in total. The molecule has 0 heterocycles. The smallest absolute Gasteiger partial charge is 0.258 e. The van der Waals surface area contributed by atoms with Crippen LogP contribution in [0.1, 0.15) is 61.4 Å². The summed E-state index contributed by atoms with van der Waals surface area (Å²) in [4.78, 5) is 12.4. The molecule has 0 aliphatic heterocycles. The van der Waals surface area contributed by atoms with Crippen LogP contribution in [0.2, 0.25) is 0 Å². The van der Waals surface area contributed by atoms with Crippen molar-refractivity contribution in [1.82, 2.24) is 5.32 Å². The van der Waals surface area contributed by atoms with Crippen molar-refractivity contribution in [3.8, 4) is 5.75 Å². The van der Waals surface area contributed by atoms with Crippen LogP contribution in [-0.2, 0) is 4.79 Å². The highest BCUT2D eigenvalue weighted by atomic mass is 79.9. The number of nitrogens with one attached hydrogen (secondary N) is 1. The lowest BCUT2D eigenvalue weighted by atomic mass is 9.97. The average molecular weight is 418 g/mol. The van der Waals surface area contributed by atoms with Crippen LogP contribution in [-0.4, -0.2) is 12.5 Å². The van der Waals surface area contributed by atoms with Gasteiger partial charge in [0.25, 0.3) is 5.91 Å². The Kier molecular flexibility index (Phi) is 7.27. The molecule has 2 aromatic rings. The van der Waals surface area contributed by atoms with Gasteiger partial charge in [-0.1, -0.05) is 50.6 Å². The zero-order valence-corrected chi connectivity index (χ0v) is 17.8. The molecule has 0 bridgehead atoms. The molecule has 26 heavy (non-hydrogen) atoms. The molecule has 2 rings (SSSR count). The first-order valence-corrected chi connectivity index (χ1v) is 9.89. The van der Waals surface area contributed by atoms with E-state index >= 15 is 0 Å². The summed E-state index contributed by atoms with van der Waals surface area (Å²) in [6.07, 6.45) is 0.836. The number of carbonyl (C=O) groups excluding carboxylic acids is 1. The van der Waals surface area contributed by atoms with Gasteiger partial charge in [-0.2, -0.15) is 0 Å². The van der Waals surface area contributed by atoms with Crippen LogP contribution in [0.3, 0.4) is 0 Å². The third-order valence-corrected chi connectivity index (χ3v) is 5.15. The third-order valence-electron chi connectivity index (χ3n) is 4.53. The van der Waals surface area contributed by atoms with E-state index < -0.39 is 0 Å². The molecular weight excluding hydrogens is 390 g/mol. The van der Waals surface area contributed by atoms with Gasteiger partial charge in [0.15, 0.2) is 6.61 Å². The molecule has 0 aromatic heterocycles. The first-order valence-electron chi connectivity index (χ1n) is 9.10. The van der Waals surface area contributed by atoms with Gasteiger partial charge in [-0.25, -0.2) is 0 Å². The number of hydrogen-bond donors (Lipinski definition) is 1. The number of benzene rings is 2. The predicted octanol–water partition coefficient (Wildman–Crippen LogP) is 5.84. The van der Waals surface area contributed by atoms with Crippen LogP contribution < -0.4 is 10.1 Å². The molecule has 0 saturated heterocycles. The van der Waals surface area contributed by atoms with Crippen molar-refractivity contribution in [2.45, 2.75) is 53.0 Å². The molecular formula is C22H28BrNO2. The van der Waals surface area contributed by atoms with Gasteiger partial charge in [0, 0.05) is 0 Å². The van der Waals surface area contributed by atoms with E-state index in [0.717, 1.165) is 16.5 Å². The van der Waals surface area contributed by atoms with E-state index in [0.29, 0.717) is 11.7 Å². The summed E-state index contributed by atoms with van der Waals surface area (Å²) < 4.78 is 6.58. The molecule has 4 heteroatoms. The van der Waals surface area contributed by atoms with Crippen LogP contribution >= 0.6 is 15.9 Å². The highest BCUT2D eigenvalue weighted by Gasteiger charge is 2.16. The standard InChI is InChI=1S/C22H28BrNO2/c1-6-20(18-9-7-15(4)11-16(18)5)24-22(25)13-26-21-10-8-17(14(2)3)12-19(21)23/h7-12,14,20H,6,13H2,1-5H3,(H,24,25)/t20-/m0/s1. The van der Waals surface area contributed by atoms with Crippen molar-refractivity contribution < 1.29 is 9.53 Å². The molecule has 1 atom stereocenters. The summed E-state index contributed by atoms with van der Waals surface area (Å²) in [5.74, 6) is 1.02. The molecule has 0 aliphatic rings. The Hall–Kier alpha value is -1.81.